The van der Waals surface area contributed by atoms with Crippen molar-refractivity contribution >= 4 is 15.9 Å². The summed E-state index contributed by atoms with van der Waals surface area (Å²) in [4.78, 5) is 2.56. The summed E-state index contributed by atoms with van der Waals surface area (Å²) in [5, 5.41) is 3.51. The van der Waals surface area contributed by atoms with Crippen molar-refractivity contribution in [2.45, 2.75) is 26.3 Å². The van der Waals surface area contributed by atoms with Crippen LogP contribution >= 0.6 is 15.9 Å². The largest absolute Gasteiger partial charge is 0.492 e. The summed E-state index contributed by atoms with van der Waals surface area (Å²) >= 11 is 3.42. The first kappa shape index (κ1) is 15.8. The minimum absolute atomic E-state index is 0.681. The van der Waals surface area contributed by atoms with Crippen molar-refractivity contribution in [3.8, 4) is 5.75 Å². The van der Waals surface area contributed by atoms with E-state index in [0.717, 1.165) is 35.8 Å². The Balaban J connectivity index is 1.55. The average molecular weight is 341 g/mol. The number of rotatable bonds is 7. The van der Waals surface area contributed by atoms with E-state index in [2.05, 4.69) is 40.0 Å². The molecule has 1 aliphatic heterocycles. The standard InChI is InChI=1S/C16H25BrN2O/c1-13(2)19-9-7-14(12-19)11-18-8-10-20-16-5-3-15(17)4-6-16/h3-6,13-14,18H,7-12H2,1-2H3. The molecule has 4 heteroatoms. The number of ether oxygens (including phenoxy) is 1. The van der Waals surface area contributed by atoms with Crippen LogP contribution in [0.15, 0.2) is 28.7 Å². The second kappa shape index (κ2) is 8.01. The third kappa shape index (κ3) is 5.08. The number of benzene rings is 1. The molecule has 1 aliphatic rings. The summed E-state index contributed by atoms with van der Waals surface area (Å²) in [5.41, 5.74) is 0. The molecule has 1 heterocycles. The van der Waals surface area contributed by atoms with E-state index in [4.69, 9.17) is 4.74 Å². The van der Waals surface area contributed by atoms with Gasteiger partial charge in [-0.3, -0.25) is 0 Å². The predicted octanol–water partition coefficient (Wildman–Crippen LogP) is 3.15. The van der Waals surface area contributed by atoms with E-state index in [-0.39, 0.29) is 0 Å². The molecule has 0 saturated carbocycles. The third-order valence-electron chi connectivity index (χ3n) is 3.84. The van der Waals surface area contributed by atoms with Gasteiger partial charge in [-0.2, -0.15) is 0 Å². The molecule has 0 radical (unpaired) electrons. The Morgan fingerprint density at radius 3 is 2.75 bits per heavy atom. The van der Waals surface area contributed by atoms with Crippen molar-refractivity contribution in [2.24, 2.45) is 5.92 Å². The fourth-order valence-corrected chi connectivity index (χ4v) is 2.84. The van der Waals surface area contributed by atoms with Gasteiger partial charge < -0.3 is 15.0 Å². The lowest BCUT2D eigenvalue weighted by Gasteiger charge is -2.20. The molecule has 112 valence electrons. The first-order chi connectivity index (χ1) is 9.65. The summed E-state index contributed by atoms with van der Waals surface area (Å²) in [6.45, 7) is 9.78. The molecule has 1 N–H and O–H groups in total. The van der Waals surface area contributed by atoms with Crippen LogP contribution in [0, 0.1) is 5.92 Å². The quantitative estimate of drug-likeness (QED) is 0.771. The van der Waals surface area contributed by atoms with Gasteiger partial charge in [0.15, 0.2) is 0 Å². The minimum Gasteiger partial charge on any atom is -0.492 e. The van der Waals surface area contributed by atoms with Gasteiger partial charge in [0.2, 0.25) is 0 Å². The molecule has 1 atom stereocenters. The molecule has 0 amide bonds. The fourth-order valence-electron chi connectivity index (χ4n) is 2.58. The average Bonchev–Trinajstić information content (AvgIpc) is 2.89. The monoisotopic (exact) mass is 340 g/mol. The van der Waals surface area contributed by atoms with Crippen LogP contribution in [0.1, 0.15) is 20.3 Å². The van der Waals surface area contributed by atoms with Crippen molar-refractivity contribution in [1.29, 1.82) is 0 Å². The van der Waals surface area contributed by atoms with Crippen LogP contribution in [-0.4, -0.2) is 43.7 Å². The highest BCUT2D eigenvalue weighted by Crippen LogP contribution is 2.18. The zero-order valence-electron chi connectivity index (χ0n) is 12.4. The SMILES string of the molecule is CC(C)N1CCC(CNCCOc2ccc(Br)cc2)C1. The van der Waals surface area contributed by atoms with Crippen molar-refractivity contribution < 1.29 is 4.74 Å². The molecular formula is C16H25BrN2O. The van der Waals surface area contributed by atoms with Crippen LogP contribution < -0.4 is 10.1 Å². The lowest BCUT2D eigenvalue weighted by Crippen LogP contribution is -2.31. The van der Waals surface area contributed by atoms with Crippen molar-refractivity contribution in [2.75, 3.05) is 32.8 Å². The second-order valence-electron chi connectivity index (χ2n) is 5.75. The number of nitrogens with one attached hydrogen (secondary N) is 1. The second-order valence-corrected chi connectivity index (χ2v) is 6.67. The zero-order chi connectivity index (χ0) is 14.4. The Labute approximate surface area is 130 Å². The van der Waals surface area contributed by atoms with Gasteiger partial charge in [-0.1, -0.05) is 15.9 Å². The van der Waals surface area contributed by atoms with Crippen LogP contribution in [-0.2, 0) is 0 Å². The van der Waals surface area contributed by atoms with E-state index < -0.39 is 0 Å². The van der Waals surface area contributed by atoms with Crippen molar-refractivity contribution in [3.63, 3.8) is 0 Å². The maximum atomic E-state index is 5.69. The normalized spacial score (nSPS) is 19.7. The molecule has 0 aliphatic carbocycles. The Kier molecular flexibility index (Phi) is 6.33. The Morgan fingerprint density at radius 2 is 2.10 bits per heavy atom. The summed E-state index contributed by atoms with van der Waals surface area (Å²) in [7, 11) is 0. The van der Waals surface area contributed by atoms with E-state index in [1.165, 1.54) is 19.5 Å². The first-order valence-electron chi connectivity index (χ1n) is 7.48. The summed E-state index contributed by atoms with van der Waals surface area (Å²) < 4.78 is 6.77. The van der Waals surface area contributed by atoms with Gasteiger partial charge in [-0.05, 0) is 63.5 Å². The van der Waals surface area contributed by atoms with E-state index in [9.17, 15) is 0 Å². The molecule has 1 aromatic carbocycles. The summed E-state index contributed by atoms with van der Waals surface area (Å²) in [6.07, 6.45) is 1.32. The third-order valence-corrected chi connectivity index (χ3v) is 4.37. The fraction of sp³-hybridized carbons (Fsp3) is 0.625. The molecular weight excluding hydrogens is 316 g/mol. The van der Waals surface area contributed by atoms with Crippen molar-refractivity contribution in [1.82, 2.24) is 10.2 Å². The molecule has 0 aromatic heterocycles. The predicted molar refractivity (Wildman–Crippen MR) is 87.3 cm³/mol. The van der Waals surface area contributed by atoms with E-state index in [1.54, 1.807) is 0 Å². The molecule has 1 fully saturated rings. The Hall–Kier alpha value is -0.580. The Bertz CT molecular complexity index is 394. The van der Waals surface area contributed by atoms with Crippen molar-refractivity contribution in [3.05, 3.63) is 28.7 Å². The molecule has 1 unspecified atom stereocenters. The van der Waals surface area contributed by atoms with Gasteiger partial charge in [-0.15, -0.1) is 0 Å². The van der Waals surface area contributed by atoms with Crippen LogP contribution in [0.5, 0.6) is 5.75 Å². The lowest BCUT2D eigenvalue weighted by atomic mass is 10.1. The molecule has 0 spiro atoms. The van der Waals surface area contributed by atoms with Crippen LogP contribution in [0.2, 0.25) is 0 Å². The zero-order valence-corrected chi connectivity index (χ0v) is 14.0. The van der Waals surface area contributed by atoms with Crippen LogP contribution in [0.3, 0.4) is 0 Å². The first-order valence-corrected chi connectivity index (χ1v) is 8.27. The highest BCUT2D eigenvalue weighted by Gasteiger charge is 2.23. The van der Waals surface area contributed by atoms with Gasteiger partial charge in [-0.25, -0.2) is 0 Å². The lowest BCUT2D eigenvalue weighted by molar-refractivity contribution is 0.261. The minimum atomic E-state index is 0.681. The molecule has 2 rings (SSSR count). The Morgan fingerprint density at radius 1 is 1.35 bits per heavy atom. The highest BCUT2D eigenvalue weighted by atomic mass is 79.9. The van der Waals surface area contributed by atoms with Gasteiger partial charge >= 0.3 is 0 Å². The van der Waals surface area contributed by atoms with Gasteiger partial charge in [0, 0.05) is 23.6 Å². The molecule has 1 aromatic rings. The number of likely N-dealkylation sites (tertiary alicyclic amines) is 1. The maximum absolute atomic E-state index is 5.69. The molecule has 20 heavy (non-hydrogen) atoms. The topological polar surface area (TPSA) is 24.5 Å². The number of hydrogen-bond acceptors (Lipinski definition) is 3. The van der Waals surface area contributed by atoms with Crippen LogP contribution in [0.25, 0.3) is 0 Å². The van der Waals surface area contributed by atoms with E-state index in [0.29, 0.717) is 6.04 Å². The van der Waals surface area contributed by atoms with Gasteiger partial charge in [0.25, 0.3) is 0 Å². The molecule has 1 saturated heterocycles. The maximum Gasteiger partial charge on any atom is 0.119 e. The molecule has 0 bridgehead atoms. The van der Waals surface area contributed by atoms with Gasteiger partial charge in [0.05, 0.1) is 0 Å². The van der Waals surface area contributed by atoms with Gasteiger partial charge in [0.1, 0.15) is 12.4 Å². The number of hydrogen-bond donors (Lipinski definition) is 1. The number of halogens is 1. The van der Waals surface area contributed by atoms with Crippen LogP contribution in [0.4, 0.5) is 0 Å². The highest BCUT2D eigenvalue weighted by molar-refractivity contribution is 9.10. The summed E-state index contributed by atoms with van der Waals surface area (Å²) in [6, 6.07) is 8.66. The van der Waals surface area contributed by atoms with E-state index >= 15 is 0 Å². The van der Waals surface area contributed by atoms with E-state index in [1.807, 2.05) is 24.3 Å². The smallest absolute Gasteiger partial charge is 0.119 e. The number of nitrogens with zero attached hydrogens (tertiary/aromatic N) is 1. The molecule has 3 nitrogen and oxygen atoms in total. The summed E-state index contributed by atoms with van der Waals surface area (Å²) in [5.74, 6) is 1.73.